The summed E-state index contributed by atoms with van der Waals surface area (Å²) in [5.74, 6) is 1.24. The predicted molar refractivity (Wildman–Crippen MR) is 95.0 cm³/mol. The number of amides is 3. The van der Waals surface area contributed by atoms with Crippen molar-refractivity contribution in [2.75, 3.05) is 12.3 Å². The molecule has 0 aliphatic rings. The third-order valence-electron chi connectivity index (χ3n) is 3.00. The lowest BCUT2D eigenvalue weighted by Gasteiger charge is -2.11. The Labute approximate surface area is 150 Å². The van der Waals surface area contributed by atoms with Gasteiger partial charge in [-0.05, 0) is 18.1 Å². The Kier molecular flexibility index (Phi) is 6.81. The van der Waals surface area contributed by atoms with Gasteiger partial charge < -0.3 is 9.73 Å². The van der Waals surface area contributed by atoms with Crippen molar-refractivity contribution in [3.8, 4) is 11.6 Å². The topological polar surface area (TPSA) is 102 Å². The second kappa shape index (κ2) is 9.07. The van der Waals surface area contributed by atoms with Gasteiger partial charge in [-0.1, -0.05) is 31.7 Å². The molecule has 134 valence electrons. The fourth-order valence-corrected chi connectivity index (χ4v) is 2.76. The largest absolute Gasteiger partial charge is 0.461 e. The number of nitrogens with zero attached hydrogens (tertiary/aromatic N) is 3. The Morgan fingerprint density at radius 1 is 1.44 bits per heavy atom. The van der Waals surface area contributed by atoms with E-state index in [2.05, 4.69) is 41.3 Å². The minimum atomic E-state index is -0.551. The summed E-state index contributed by atoms with van der Waals surface area (Å²) in [6.45, 7) is 8.63. The van der Waals surface area contributed by atoms with E-state index >= 15 is 0 Å². The summed E-state index contributed by atoms with van der Waals surface area (Å²) in [6.07, 6.45) is 3.11. The van der Waals surface area contributed by atoms with Gasteiger partial charge in [0.1, 0.15) is 0 Å². The Hall–Kier alpha value is -2.55. The minimum Gasteiger partial charge on any atom is -0.461 e. The lowest BCUT2D eigenvalue weighted by Crippen LogP contribution is -2.40. The predicted octanol–water partition coefficient (Wildman–Crippen LogP) is 2.30. The van der Waals surface area contributed by atoms with Gasteiger partial charge in [0.05, 0.1) is 12.0 Å². The average molecular weight is 363 g/mol. The van der Waals surface area contributed by atoms with Crippen LogP contribution in [0.3, 0.4) is 0 Å². The molecule has 0 aromatic carbocycles. The molecule has 25 heavy (non-hydrogen) atoms. The van der Waals surface area contributed by atoms with Crippen LogP contribution in [0.5, 0.6) is 0 Å². The molecule has 0 fully saturated rings. The number of carbonyl (C=O) groups is 2. The first-order valence-corrected chi connectivity index (χ1v) is 8.78. The Morgan fingerprint density at radius 2 is 2.24 bits per heavy atom. The normalized spacial score (nSPS) is 10.7. The van der Waals surface area contributed by atoms with Crippen molar-refractivity contribution >= 4 is 23.7 Å². The SMILES string of the molecule is C=CCNC(=O)NC(=O)CSc1nnc(-c2ccco2)n1CC(C)C. The van der Waals surface area contributed by atoms with Crippen molar-refractivity contribution in [2.24, 2.45) is 5.92 Å². The van der Waals surface area contributed by atoms with Gasteiger partial charge in [-0.3, -0.25) is 14.7 Å². The molecule has 2 rings (SSSR count). The van der Waals surface area contributed by atoms with E-state index in [1.54, 1.807) is 12.3 Å². The second-order valence-electron chi connectivity index (χ2n) is 5.62. The van der Waals surface area contributed by atoms with Crippen LogP contribution in [0.1, 0.15) is 13.8 Å². The molecule has 0 bridgehead atoms. The maximum absolute atomic E-state index is 11.9. The summed E-state index contributed by atoms with van der Waals surface area (Å²) in [5.41, 5.74) is 0. The zero-order chi connectivity index (χ0) is 18.2. The molecule has 2 N–H and O–H groups in total. The van der Waals surface area contributed by atoms with E-state index in [4.69, 9.17) is 4.42 Å². The standard InChI is InChI=1S/C16H21N5O3S/c1-4-7-17-15(23)18-13(22)10-25-16-20-19-14(12-6-5-8-24-12)21(16)9-11(2)3/h4-6,8,11H,1,7,9-10H2,2-3H3,(H2,17,18,22,23). The van der Waals surface area contributed by atoms with E-state index in [1.807, 2.05) is 10.6 Å². The summed E-state index contributed by atoms with van der Waals surface area (Å²) in [6, 6.07) is 3.04. The molecule has 9 heteroatoms. The van der Waals surface area contributed by atoms with Crippen LogP contribution >= 0.6 is 11.8 Å². The first kappa shape index (κ1) is 18.8. The lowest BCUT2D eigenvalue weighted by molar-refractivity contribution is -0.117. The number of hydrogen-bond acceptors (Lipinski definition) is 6. The first-order valence-electron chi connectivity index (χ1n) is 7.79. The molecule has 2 heterocycles. The highest BCUT2D eigenvalue weighted by Gasteiger charge is 2.18. The Balaban J connectivity index is 2.03. The van der Waals surface area contributed by atoms with Crippen LogP contribution in [-0.4, -0.2) is 39.0 Å². The third kappa shape index (κ3) is 5.49. The van der Waals surface area contributed by atoms with E-state index in [9.17, 15) is 9.59 Å². The van der Waals surface area contributed by atoms with Crippen molar-refractivity contribution in [1.29, 1.82) is 0 Å². The number of aromatic nitrogens is 3. The van der Waals surface area contributed by atoms with Gasteiger partial charge in [-0.15, -0.1) is 16.8 Å². The molecular weight excluding hydrogens is 342 g/mol. The highest BCUT2D eigenvalue weighted by Crippen LogP contribution is 2.25. The van der Waals surface area contributed by atoms with Crippen LogP contribution in [-0.2, 0) is 11.3 Å². The molecule has 2 aromatic rings. The number of rotatable bonds is 8. The molecule has 0 radical (unpaired) electrons. The van der Waals surface area contributed by atoms with E-state index in [1.165, 1.54) is 17.8 Å². The number of furan rings is 1. The van der Waals surface area contributed by atoms with Crippen LogP contribution in [0.4, 0.5) is 4.79 Å². The molecule has 0 atom stereocenters. The molecular formula is C16H21N5O3S. The number of urea groups is 1. The number of nitrogens with one attached hydrogen (secondary N) is 2. The number of imide groups is 1. The summed E-state index contributed by atoms with van der Waals surface area (Å²) >= 11 is 1.22. The van der Waals surface area contributed by atoms with Crippen molar-refractivity contribution in [1.82, 2.24) is 25.4 Å². The van der Waals surface area contributed by atoms with E-state index < -0.39 is 11.9 Å². The van der Waals surface area contributed by atoms with Crippen molar-refractivity contribution in [3.05, 3.63) is 31.1 Å². The van der Waals surface area contributed by atoms with E-state index in [-0.39, 0.29) is 5.75 Å². The van der Waals surface area contributed by atoms with Gasteiger partial charge >= 0.3 is 6.03 Å². The van der Waals surface area contributed by atoms with Crippen LogP contribution in [0.25, 0.3) is 11.6 Å². The average Bonchev–Trinajstić information content (AvgIpc) is 3.20. The van der Waals surface area contributed by atoms with E-state index in [0.717, 1.165) is 0 Å². The summed E-state index contributed by atoms with van der Waals surface area (Å²) < 4.78 is 7.31. The molecule has 0 unspecified atom stereocenters. The van der Waals surface area contributed by atoms with Crippen molar-refractivity contribution < 1.29 is 14.0 Å². The Morgan fingerprint density at radius 3 is 2.88 bits per heavy atom. The highest BCUT2D eigenvalue weighted by atomic mass is 32.2. The molecule has 0 aliphatic carbocycles. The zero-order valence-corrected chi connectivity index (χ0v) is 15.0. The van der Waals surface area contributed by atoms with E-state index in [0.29, 0.717) is 35.7 Å². The van der Waals surface area contributed by atoms with Gasteiger partial charge in [0.2, 0.25) is 5.91 Å². The van der Waals surface area contributed by atoms with Gasteiger partial charge in [0, 0.05) is 13.1 Å². The first-order chi connectivity index (χ1) is 12.0. The van der Waals surface area contributed by atoms with Gasteiger partial charge in [0.15, 0.2) is 16.7 Å². The summed E-state index contributed by atoms with van der Waals surface area (Å²) in [7, 11) is 0. The number of carbonyl (C=O) groups excluding carboxylic acids is 2. The van der Waals surface area contributed by atoms with Crippen LogP contribution < -0.4 is 10.6 Å². The number of thioether (sulfide) groups is 1. The van der Waals surface area contributed by atoms with Gasteiger partial charge in [0.25, 0.3) is 0 Å². The maximum Gasteiger partial charge on any atom is 0.321 e. The smallest absolute Gasteiger partial charge is 0.321 e. The quantitative estimate of drug-likeness (QED) is 0.551. The van der Waals surface area contributed by atoms with Crippen molar-refractivity contribution in [3.63, 3.8) is 0 Å². The molecule has 2 aromatic heterocycles. The summed E-state index contributed by atoms with van der Waals surface area (Å²) in [5, 5.41) is 13.6. The molecule has 0 spiro atoms. The Bertz CT molecular complexity index is 724. The van der Waals surface area contributed by atoms with Gasteiger partial charge in [-0.25, -0.2) is 4.79 Å². The highest BCUT2D eigenvalue weighted by molar-refractivity contribution is 7.99. The molecule has 0 aliphatic heterocycles. The molecule has 0 saturated heterocycles. The molecule has 3 amide bonds. The molecule has 8 nitrogen and oxygen atoms in total. The van der Waals surface area contributed by atoms with Crippen LogP contribution in [0.2, 0.25) is 0 Å². The number of hydrogen-bond donors (Lipinski definition) is 2. The monoisotopic (exact) mass is 363 g/mol. The fraction of sp³-hybridized carbons (Fsp3) is 0.375. The second-order valence-corrected chi connectivity index (χ2v) is 6.57. The van der Waals surface area contributed by atoms with Crippen LogP contribution in [0, 0.1) is 5.92 Å². The van der Waals surface area contributed by atoms with Crippen LogP contribution in [0.15, 0.2) is 40.6 Å². The zero-order valence-electron chi connectivity index (χ0n) is 14.2. The summed E-state index contributed by atoms with van der Waals surface area (Å²) in [4.78, 5) is 23.3. The third-order valence-corrected chi connectivity index (χ3v) is 3.97. The van der Waals surface area contributed by atoms with Gasteiger partial charge in [-0.2, -0.15) is 0 Å². The lowest BCUT2D eigenvalue weighted by atomic mass is 10.2. The maximum atomic E-state index is 11.9. The fourth-order valence-electron chi connectivity index (χ4n) is 2.02. The minimum absolute atomic E-state index is 0.0515. The molecule has 0 saturated carbocycles. The van der Waals surface area contributed by atoms with Crippen molar-refractivity contribution in [2.45, 2.75) is 25.5 Å².